The lowest BCUT2D eigenvalue weighted by Crippen LogP contribution is -2.51. The van der Waals surface area contributed by atoms with E-state index in [4.69, 9.17) is 9.84 Å². The second kappa shape index (κ2) is 16.9. The van der Waals surface area contributed by atoms with Crippen molar-refractivity contribution < 1.29 is 23.5 Å². The van der Waals surface area contributed by atoms with Gasteiger partial charge in [-0.2, -0.15) is 10.2 Å². The molecule has 0 bridgehead atoms. The molecule has 52 heavy (non-hydrogen) atoms. The Kier molecular flexibility index (Phi) is 12.1. The number of benzene rings is 1. The quantitative estimate of drug-likeness (QED) is 0.203. The van der Waals surface area contributed by atoms with Crippen molar-refractivity contribution in [2.75, 3.05) is 78.6 Å². The number of carbonyl (C=O) groups excluding carboxylic acids is 3. The average molecular weight is 735 g/mol. The van der Waals surface area contributed by atoms with Crippen LogP contribution in [0.1, 0.15) is 37.0 Å². The van der Waals surface area contributed by atoms with Gasteiger partial charge in [0.25, 0.3) is 5.91 Å². The Morgan fingerprint density at radius 1 is 1.06 bits per heavy atom. The number of hydrogen-bond acceptors (Lipinski definition) is 10. The molecule has 3 amide bonds. The summed E-state index contributed by atoms with van der Waals surface area (Å²) in [4.78, 5) is 52.7. The fourth-order valence-electron chi connectivity index (χ4n) is 6.64. The van der Waals surface area contributed by atoms with E-state index in [0.29, 0.717) is 48.1 Å². The third kappa shape index (κ3) is 9.08. The summed E-state index contributed by atoms with van der Waals surface area (Å²) in [6.45, 7) is 9.18. The van der Waals surface area contributed by atoms with E-state index in [0.717, 1.165) is 50.5 Å². The van der Waals surface area contributed by atoms with Gasteiger partial charge in [0, 0.05) is 81.1 Å². The fourth-order valence-corrected chi connectivity index (χ4v) is 7.51. The normalized spacial score (nSPS) is 16.1. The van der Waals surface area contributed by atoms with Gasteiger partial charge < -0.3 is 19.9 Å². The molecule has 0 atom stereocenters. The van der Waals surface area contributed by atoms with E-state index in [1.807, 2.05) is 17.0 Å². The lowest BCUT2D eigenvalue weighted by atomic mass is 9.96. The van der Waals surface area contributed by atoms with Crippen LogP contribution in [0.4, 0.5) is 10.1 Å². The van der Waals surface area contributed by atoms with E-state index in [9.17, 15) is 18.8 Å². The molecule has 2 aliphatic rings. The molecule has 2 fully saturated rings. The van der Waals surface area contributed by atoms with Crippen LogP contribution in [0.15, 0.2) is 53.9 Å². The van der Waals surface area contributed by atoms with Crippen molar-refractivity contribution in [2.24, 2.45) is 5.92 Å². The summed E-state index contributed by atoms with van der Waals surface area (Å²) in [5, 5.41) is 12.2. The highest BCUT2D eigenvalue weighted by Gasteiger charge is 2.28. The van der Waals surface area contributed by atoms with Gasteiger partial charge in [-0.05, 0) is 56.1 Å². The molecule has 0 radical (unpaired) electrons. The van der Waals surface area contributed by atoms with Crippen molar-refractivity contribution in [1.29, 1.82) is 0 Å². The smallest absolute Gasteiger partial charge is 0.261 e. The number of alkyl halides is 1. The first-order chi connectivity index (χ1) is 25.1. The Morgan fingerprint density at radius 3 is 2.54 bits per heavy atom. The van der Waals surface area contributed by atoms with Crippen LogP contribution >= 0.6 is 11.8 Å². The average Bonchev–Trinajstić information content (AvgIpc) is 3.74. The first-order valence-corrected chi connectivity index (χ1v) is 18.6. The molecule has 0 saturated carbocycles. The summed E-state index contributed by atoms with van der Waals surface area (Å²) >= 11 is 1.63. The molecule has 2 aliphatic heterocycles. The SMILES string of the molecule is CC(C)Sc1ccc(OCF)c(-c2nn(CC(=O)N3CCN(CC4CCN(CC(=O)N(C)C)CC4)CC3)cc2NC(=O)c2cnn3cccnc23)c1. The van der Waals surface area contributed by atoms with Crippen molar-refractivity contribution >= 4 is 40.8 Å². The minimum absolute atomic E-state index is 0.0367. The molecule has 3 aromatic heterocycles. The summed E-state index contributed by atoms with van der Waals surface area (Å²) in [5.41, 5.74) is 1.84. The summed E-state index contributed by atoms with van der Waals surface area (Å²) in [6.07, 6.45) is 8.48. The van der Waals surface area contributed by atoms with Crippen molar-refractivity contribution in [3.05, 3.63) is 54.6 Å². The highest BCUT2D eigenvalue weighted by Crippen LogP contribution is 2.38. The molecule has 16 heteroatoms. The number of amides is 3. The molecule has 1 aromatic carbocycles. The van der Waals surface area contributed by atoms with Gasteiger partial charge in [-0.25, -0.2) is 13.9 Å². The molecule has 2 saturated heterocycles. The first kappa shape index (κ1) is 37.2. The molecule has 0 aliphatic carbocycles. The number of nitrogens with zero attached hydrogens (tertiary/aromatic N) is 9. The minimum atomic E-state index is -1.04. The highest BCUT2D eigenvalue weighted by atomic mass is 32.2. The third-order valence-electron chi connectivity index (χ3n) is 9.43. The van der Waals surface area contributed by atoms with Crippen molar-refractivity contribution in [2.45, 2.75) is 43.4 Å². The molecule has 6 rings (SSSR count). The van der Waals surface area contributed by atoms with E-state index in [1.54, 1.807) is 61.5 Å². The van der Waals surface area contributed by atoms with E-state index < -0.39 is 12.8 Å². The van der Waals surface area contributed by atoms with Crippen LogP contribution in [0.3, 0.4) is 0 Å². The minimum Gasteiger partial charge on any atom is -0.462 e. The van der Waals surface area contributed by atoms with E-state index in [2.05, 4.69) is 39.0 Å². The predicted octanol–water partition coefficient (Wildman–Crippen LogP) is 3.60. The highest BCUT2D eigenvalue weighted by molar-refractivity contribution is 7.99. The largest absolute Gasteiger partial charge is 0.462 e. The Hall–Kier alpha value is -4.54. The maximum absolute atomic E-state index is 13.6. The van der Waals surface area contributed by atoms with Crippen LogP contribution in [0.5, 0.6) is 5.75 Å². The van der Waals surface area contributed by atoms with Gasteiger partial charge in [-0.3, -0.25) is 28.9 Å². The van der Waals surface area contributed by atoms with Crippen LogP contribution in [0.25, 0.3) is 16.9 Å². The summed E-state index contributed by atoms with van der Waals surface area (Å²) in [7, 11) is 3.58. The molecule has 0 unspecified atom stereocenters. The van der Waals surface area contributed by atoms with Gasteiger partial charge in [-0.1, -0.05) is 13.8 Å². The molecular formula is C36H47FN10O4S. The number of fused-ring (bicyclic) bond motifs is 1. The number of anilines is 1. The topological polar surface area (TPSA) is 133 Å². The van der Waals surface area contributed by atoms with Crippen LogP contribution in [-0.2, 0) is 16.1 Å². The first-order valence-electron chi connectivity index (χ1n) is 17.7. The second-order valence-corrected chi connectivity index (χ2v) is 15.4. The van der Waals surface area contributed by atoms with Gasteiger partial charge in [0.05, 0.1) is 18.4 Å². The van der Waals surface area contributed by atoms with Gasteiger partial charge in [0.15, 0.2) is 5.65 Å². The maximum atomic E-state index is 13.6. The van der Waals surface area contributed by atoms with Crippen LogP contribution in [0, 0.1) is 5.92 Å². The molecule has 14 nitrogen and oxygen atoms in total. The number of rotatable bonds is 13. The molecule has 5 heterocycles. The van der Waals surface area contributed by atoms with Gasteiger partial charge in [0.2, 0.25) is 18.7 Å². The number of carbonyl (C=O) groups is 3. The molecule has 4 aromatic rings. The Labute approximate surface area is 307 Å². The number of hydrogen-bond donors (Lipinski definition) is 1. The number of likely N-dealkylation sites (N-methyl/N-ethyl adjacent to an activating group) is 1. The number of thioether (sulfide) groups is 1. The standard InChI is InChI=1S/C36H47FN10O4S/c1-25(2)52-27-6-7-31(51-24-37)28(18-27)34-30(40-36(50)29-19-39-47-11-5-10-38-35(29)47)21-46(41-34)23-33(49)45-16-14-44(15-17-45)20-26-8-12-43(13-9-26)22-32(48)42(3)4/h5-7,10-11,18-19,21,25-26H,8-9,12-17,20,22-24H2,1-4H3,(H,40,50). The van der Waals surface area contributed by atoms with Crippen molar-refractivity contribution in [1.82, 2.24) is 44.0 Å². The van der Waals surface area contributed by atoms with Gasteiger partial charge in [0.1, 0.15) is 23.6 Å². The number of ether oxygens (including phenoxy) is 1. The van der Waals surface area contributed by atoms with E-state index >= 15 is 0 Å². The molecule has 278 valence electrons. The number of piperidine rings is 1. The van der Waals surface area contributed by atoms with Crippen molar-refractivity contribution in [3.8, 4) is 17.0 Å². The zero-order valence-electron chi connectivity index (χ0n) is 30.2. The molecular weight excluding hydrogens is 688 g/mol. The number of nitrogens with one attached hydrogen (secondary N) is 1. The van der Waals surface area contributed by atoms with Crippen LogP contribution < -0.4 is 10.1 Å². The maximum Gasteiger partial charge on any atom is 0.261 e. The number of piperazine rings is 1. The van der Waals surface area contributed by atoms with E-state index in [-0.39, 0.29) is 34.9 Å². The van der Waals surface area contributed by atoms with E-state index in [1.165, 1.54) is 15.4 Å². The summed E-state index contributed by atoms with van der Waals surface area (Å²) in [5.74, 6) is 0.443. The van der Waals surface area contributed by atoms with Gasteiger partial charge in [-0.15, -0.1) is 11.8 Å². The Morgan fingerprint density at radius 2 is 1.83 bits per heavy atom. The third-order valence-corrected chi connectivity index (χ3v) is 10.4. The number of aromatic nitrogens is 5. The monoisotopic (exact) mass is 734 g/mol. The lowest BCUT2D eigenvalue weighted by molar-refractivity contribution is -0.134. The predicted molar refractivity (Wildman–Crippen MR) is 197 cm³/mol. The fraction of sp³-hybridized carbons (Fsp3) is 0.500. The van der Waals surface area contributed by atoms with Crippen LogP contribution in [-0.4, -0.2) is 140 Å². The molecule has 1 N–H and O–H groups in total. The summed E-state index contributed by atoms with van der Waals surface area (Å²) < 4.78 is 21.9. The van der Waals surface area contributed by atoms with Crippen molar-refractivity contribution in [3.63, 3.8) is 0 Å². The number of halogens is 1. The zero-order chi connectivity index (χ0) is 36.8. The summed E-state index contributed by atoms with van der Waals surface area (Å²) in [6, 6.07) is 7.14. The Bertz CT molecular complexity index is 1860. The van der Waals surface area contributed by atoms with Gasteiger partial charge >= 0.3 is 0 Å². The number of likely N-dealkylation sites (tertiary alicyclic amines) is 1. The second-order valence-electron chi connectivity index (χ2n) is 13.8. The lowest BCUT2D eigenvalue weighted by Gasteiger charge is -2.38. The van der Waals surface area contributed by atoms with Crippen LogP contribution in [0.2, 0.25) is 0 Å². The molecule has 0 spiro atoms. The zero-order valence-corrected chi connectivity index (χ0v) is 31.0. The Balaban J connectivity index is 1.14.